The molecule has 1 aromatic heterocycles. The zero-order chi connectivity index (χ0) is 8.39. The second-order valence-corrected chi connectivity index (χ2v) is 3.35. The first-order chi connectivity index (χ1) is 5.86. The molecule has 0 aliphatic carbocycles. The summed E-state index contributed by atoms with van der Waals surface area (Å²) in [7, 11) is 0. The van der Waals surface area contributed by atoms with E-state index >= 15 is 0 Å². The average molecular weight is 170 g/mol. The molecule has 0 amide bonds. The Morgan fingerprint density at radius 2 is 2.45 bits per heavy atom. The molecular weight excluding hydrogens is 158 g/mol. The Balaban J connectivity index is 1.99. The second kappa shape index (κ2) is 3.19. The van der Waals surface area contributed by atoms with Crippen LogP contribution in [0.15, 0.2) is 11.6 Å². The number of nitrogens with one attached hydrogen (secondary N) is 1. The number of rotatable bonds is 1. The molecule has 1 fully saturated rings. The van der Waals surface area contributed by atoms with E-state index in [1.807, 2.05) is 11.6 Å². The molecule has 4 heteroatoms. The van der Waals surface area contributed by atoms with Crippen molar-refractivity contribution in [2.24, 2.45) is 0 Å². The zero-order valence-electron chi connectivity index (χ0n) is 7.23. The summed E-state index contributed by atoms with van der Waals surface area (Å²) in [6.45, 7) is 3.49. The molecule has 3 nitrogen and oxygen atoms in total. The number of hydrogen-bond donors (Lipinski definition) is 1. The van der Waals surface area contributed by atoms with Crippen LogP contribution in [-0.4, -0.2) is 31.2 Å². The molecule has 1 N–H and O–H groups in total. The van der Waals surface area contributed by atoms with Crippen LogP contribution in [0.2, 0.25) is 1.41 Å². The number of piperazine rings is 1. The van der Waals surface area contributed by atoms with E-state index in [2.05, 4.69) is 9.88 Å². The Morgan fingerprint density at radius 1 is 1.64 bits per heavy atom. The number of hydrogen-bond acceptors (Lipinski definition) is 4. The molecule has 0 radical (unpaired) electrons. The first-order valence-corrected chi connectivity index (χ1v) is 4.62. The minimum Gasteiger partial charge on any atom is -0.346 e. The summed E-state index contributed by atoms with van der Waals surface area (Å²) in [4.78, 5) is 6.46. The van der Waals surface area contributed by atoms with Gasteiger partial charge in [0.1, 0.15) is 1.41 Å². The van der Waals surface area contributed by atoms with Gasteiger partial charge in [-0.15, -0.1) is 11.3 Å². The Morgan fingerprint density at radius 3 is 3.09 bits per heavy atom. The van der Waals surface area contributed by atoms with Gasteiger partial charge in [-0.05, 0) is 0 Å². The Hall–Kier alpha value is -0.610. The van der Waals surface area contributed by atoms with Crippen molar-refractivity contribution in [2.75, 3.05) is 31.1 Å². The van der Waals surface area contributed by atoms with Crippen molar-refractivity contribution in [2.45, 2.75) is 0 Å². The van der Waals surface area contributed by atoms with Crippen molar-refractivity contribution in [3.63, 3.8) is 0 Å². The summed E-state index contributed by atoms with van der Waals surface area (Å²) in [5.41, 5.74) is 0. The first kappa shape index (κ1) is 5.97. The third-order valence-corrected chi connectivity index (χ3v) is 2.58. The van der Waals surface area contributed by atoms with Gasteiger partial charge in [-0.2, -0.15) is 0 Å². The van der Waals surface area contributed by atoms with Crippen molar-refractivity contribution in [3.05, 3.63) is 11.6 Å². The highest BCUT2D eigenvalue weighted by Crippen LogP contribution is 2.16. The zero-order valence-corrected chi connectivity index (χ0v) is 7.05. The van der Waals surface area contributed by atoms with Gasteiger partial charge in [0.2, 0.25) is 0 Å². The van der Waals surface area contributed by atoms with Crippen LogP contribution in [-0.2, 0) is 0 Å². The molecule has 0 bridgehead atoms. The van der Waals surface area contributed by atoms with Gasteiger partial charge in [0, 0.05) is 37.8 Å². The number of aromatic nitrogens is 1. The van der Waals surface area contributed by atoms with Crippen molar-refractivity contribution in [1.29, 1.82) is 0 Å². The fourth-order valence-corrected chi connectivity index (χ4v) is 1.87. The van der Waals surface area contributed by atoms with Gasteiger partial charge in [0.05, 0.1) is 0 Å². The maximum absolute atomic E-state index is 7.38. The van der Waals surface area contributed by atoms with Crippen molar-refractivity contribution >= 4 is 16.5 Å². The summed E-state index contributed by atoms with van der Waals surface area (Å²) in [6, 6.07) is 0. The second-order valence-electron chi connectivity index (χ2n) is 2.47. The van der Waals surface area contributed by atoms with Crippen LogP contribution >= 0.6 is 11.3 Å². The highest BCUT2D eigenvalue weighted by atomic mass is 32.1. The fraction of sp³-hybridized carbons (Fsp3) is 0.571. The smallest absolute Gasteiger partial charge is 0.185 e. The lowest BCUT2D eigenvalue weighted by molar-refractivity contribution is 0.588. The van der Waals surface area contributed by atoms with E-state index in [1.54, 1.807) is 16.6 Å². The summed E-state index contributed by atoms with van der Waals surface area (Å²) in [6.07, 6.45) is 1.83. The van der Waals surface area contributed by atoms with E-state index in [0.29, 0.717) is 0 Å². The quantitative estimate of drug-likeness (QED) is 0.667. The summed E-state index contributed by atoms with van der Waals surface area (Å²) < 4.78 is 7.38. The predicted octanol–water partition coefficient (Wildman–Crippen LogP) is 0.553. The van der Waals surface area contributed by atoms with E-state index in [1.165, 1.54) is 0 Å². The number of nitrogens with zero attached hydrogens (tertiary/aromatic N) is 2. The molecule has 0 aromatic carbocycles. The predicted molar refractivity (Wildman–Crippen MR) is 47.2 cm³/mol. The van der Waals surface area contributed by atoms with Crippen LogP contribution in [0.3, 0.4) is 0 Å². The molecule has 1 aliphatic heterocycles. The monoisotopic (exact) mass is 170 g/mol. The Labute approximate surface area is 71.5 Å². The first-order valence-electron chi connectivity index (χ1n) is 4.19. The van der Waals surface area contributed by atoms with Crippen LogP contribution in [0.5, 0.6) is 0 Å². The highest BCUT2D eigenvalue weighted by molar-refractivity contribution is 7.13. The van der Waals surface area contributed by atoms with Crippen LogP contribution in [0.4, 0.5) is 5.13 Å². The van der Waals surface area contributed by atoms with Crippen LogP contribution in [0, 0.1) is 0 Å². The van der Waals surface area contributed by atoms with E-state index < -0.39 is 0 Å². The molecule has 0 spiro atoms. The third-order valence-electron chi connectivity index (χ3n) is 1.75. The van der Waals surface area contributed by atoms with Gasteiger partial charge in [0.15, 0.2) is 5.13 Å². The lowest BCUT2D eigenvalue weighted by atomic mass is 10.4. The Kier molecular flexibility index (Phi) is 1.73. The Bertz CT molecular complexity index is 231. The molecule has 0 atom stereocenters. The van der Waals surface area contributed by atoms with Crippen LogP contribution < -0.4 is 10.2 Å². The van der Waals surface area contributed by atoms with Gasteiger partial charge in [-0.1, -0.05) is 0 Å². The standard InChI is InChI=1S/C7H11N3S/c1-4-10(5-2-8-1)7-9-3-6-11-7/h3,6,8H,1-2,4-5H2/i/hD. The normalized spacial score (nSPS) is 21.8. The van der Waals surface area contributed by atoms with E-state index in [9.17, 15) is 0 Å². The topological polar surface area (TPSA) is 28.2 Å². The van der Waals surface area contributed by atoms with Crippen LogP contribution in [0.1, 0.15) is 0 Å². The summed E-state index contributed by atoms with van der Waals surface area (Å²) in [5.74, 6) is 0. The third kappa shape index (κ3) is 1.52. The molecule has 11 heavy (non-hydrogen) atoms. The molecule has 1 saturated heterocycles. The van der Waals surface area contributed by atoms with Gasteiger partial charge >= 0.3 is 0 Å². The molecule has 60 valence electrons. The fourth-order valence-electron chi connectivity index (χ4n) is 1.17. The summed E-state index contributed by atoms with van der Waals surface area (Å²) >= 11 is 1.67. The van der Waals surface area contributed by atoms with E-state index in [0.717, 1.165) is 31.3 Å². The van der Waals surface area contributed by atoms with E-state index in [-0.39, 0.29) is 0 Å². The van der Waals surface area contributed by atoms with Crippen molar-refractivity contribution < 1.29 is 1.41 Å². The highest BCUT2D eigenvalue weighted by Gasteiger charge is 2.11. The molecule has 2 heterocycles. The molecule has 0 saturated carbocycles. The van der Waals surface area contributed by atoms with Gasteiger partial charge < -0.3 is 10.2 Å². The number of anilines is 1. The minimum absolute atomic E-state index is 0.819. The van der Waals surface area contributed by atoms with Crippen molar-refractivity contribution in [1.82, 2.24) is 10.3 Å². The molecule has 1 aliphatic rings. The van der Waals surface area contributed by atoms with Gasteiger partial charge in [-0.25, -0.2) is 4.98 Å². The minimum atomic E-state index is 0.819. The van der Waals surface area contributed by atoms with Gasteiger partial charge in [0.25, 0.3) is 0 Å². The maximum atomic E-state index is 7.38. The van der Waals surface area contributed by atoms with E-state index in [4.69, 9.17) is 1.41 Å². The van der Waals surface area contributed by atoms with Crippen molar-refractivity contribution in [3.8, 4) is 0 Å². The lowest BCUT2D eigenvalue weighted by Gasteiger charge is -2.26. The molecular formula is C7H11N3S. The summed E-state index contributed by atoms with van der Waals surface area (Å²) in [5, 5.41) is 4.68. The maximum Gasteiger partial charge on any atom is 0.185 e. The van der Waals surface area contributed by atoms with Gasteiger partial charge in [-0.3, -0.25) is 0 Å². The number of thiazole rings is 1. The lowest BCUT2D eigenvalue weighted by Crippen LogP contribution is -2.43. The largest absolute Gasteiger partial charge is 0.346 e. The molecule has 0 unspecified atom stereocenters. The van der Waals surface area contributed by atoms with Crippen LogP contribution in [0.25, 0.3) is 0 Å². The SMILES string of the molecule is [2H]N1CCN(c2nccs2)CC1. The molecule has 2 rings (SSSR count). The molecule has 1 aromatic rings. The average Bonchev–Trinajstić information content (AvgIpc) is 2.58.